The average molecular weight is 447 g/mol. The highest BCUT2D eigenvalue weighted by Gasteiger charge is 2.22. The molecule has 0 aliphatic rings. The molecule has 3 aromatic carbocycles. The maximum Gasteiger partial charge on any atom is 0.408 e. The van der Waals surface area contributed by atoms with Crippen LogP contribution in [0.5, 0.6) is 11.5 Å². The number of Topliss-reactive ketones (excluding diaryl/α,β-unsaturated/α-hetero) is 1. The second kappa shape index (κ2) is 11.5. The highest BCUT2D eigenvalue weighted by atomic mass is 16.6. The van der Waals surface area contributed by atoms with Gasteiger partial charge >= 0.3 is 12.1 Å². The van der Waals surface area contributed by atoms with Gasteiger partial charge in [0.05, 0.1) is 7.11 Å². The van der Waals surface area contributed by atoms with Crippen molar-refractivity contribution in [1.29, 1.82) is 0 Å². The molecule has 0 aliphatic carbocycles. The van der Waals surface area contributed by atoms with Crippen LogP contribution in [-0.2, 0) is 27.3 Å². The molecule has 0 unspecified atom stereocenters. The summed E-state index contributed by atoms with van der Waals surface area (Å²) in [6.07, 6.45) is -0.482. The zero-order chi connectivity index (χ0) is 23.6. The van der Waals surface area contributed by atoms with Gasteiger partial charge in [0, 0.05) is 12.0 Å². The molecule has 3 rings (SSSR count). The SMILES string of the molecule is COC(=O)[C@H](Cc1ccc(Oc2ccc(C(C)=O)cc2)cc1)NC(=O)OCc1ccccc1. The molecule has 0 aliphatic heterocycles. The Morgan fingerprint density at radius 3 is 2.00 bits per heavy atom. The van der Waals surface area contributed by atoms with Crippen molar-refractivity contribution < 1.29 is 28.6 Å². The van der Waals surface area contributed by atoms with Crippen molar-refractivity contribution in [2.45, 2.75) is 26.0 Å². The number of nitrogens with one attached hydrogen (secondary N) is 1. The van der Waals surface area contributed by atoms with Crippen molar-refractivity contribution in [1.82, 2.24) is 5.32 Å². The summed E-state index contributed by atoms with van der Waals surface area (Å²) in [4.78, 5) is 35.7. The number of hydrogen-bond donors (Lipinski definition) is 1. The van der Waals surface area contributed by atoms with Gasteiger partial charge in [0.1, 0.15) is 24.1 Å². The Bertz CT molecular complexity index is 1080. The molecular weight excluding hydrogens is 422 g/mol. The van der Waals surface area contributed by atoms with Crippen molar-refractivity contribution in [3.8, 4) is 11.5 Å². The first-order valence-electron chi connectivity index (χ1n) is 10.4. The number of carbonyl (C=O) groups excluding carboxylic acids is 3. The summed E-state index contributed by atoms with van der Waals surface area (Å²) in [6.45, 7) is 1.61. The van der Waals surface area contributed by atoms with Gasteiger partial charge in [-0.25, -0.2) is 9.59 Å². The number of hydrogen-bond acceptors (Lipinski definition) is 6. The lowest BCUT2D eigenvalue weighted by atomic mass is 10.1. The average Bonchev–Trinajstić information content (AvgIpc) is 2.84. The van der Waals surface area contributed by atoms with Crippen molar-refractivity contribution in [3.63, 3.8) is 0 Å². The van der Waals surface area contributed by atoms with Gasteiger partial charge in [-0.2, -0.15) is 0 Å². The molecule has 7 heteroatoms. The van der Waals surface area contributed by atoms with Crippen LogP contribution in [-0.4, -0.2) is 31.0 Å². The quantitative estimate of drug-likeness (QED) is 0.378. The van der Waals surface area contributed by atoms with E-state index in [0.29, 0.717) is 17.1 Å². The van der Waals surface area contributed by atoms with Gasteiger partial charge in [0.25, 0.3) is 0 Å². The van der Waals surface area contributed by atoms with Gasteiger partial charge in [-0.1, -0.05) is 42.5 Å². The Morgan fingerprint density at radius 2 is 1.42 bits per heavy atom. The lowest BCUT2D eigenvalue weighted by Crippen LogP contribution is -2.43. The Balaban J connectivity index is 1.57. The first-order valence-corrected chi connectivity index (χ1v) is 10.4. The fourth-order valence-corrected chi connectivity index (χ4v) is 3.07. The fourth-order valence-electron chi connectivity index (χ4n) is 3.07. The third-order valence-electron chi connectivity index (χ3n) is 4.85. The van der Waals surface area contributed by atoms with Crippen LogP contribution in [0.3, 0.4) is 0 Å². The Morgan fingerprint density at radius 1 is 0.818 bits per heavy atom. The molecule has 1 amide bonds. The van der Waals surface area contributed by atoms with E-state index in [-0.39, 0.29) is 18.8 Å². The molecule has 0 radical (unpaired) electrons. The van der Waals surface area contributed by atoms with Gasteiger partial charge < -0.3 is 19.5 Å². The summed E-state index contributed by atoms with van der Waals surface area (Å²) < 4.78 is 15.8. The third kappa shape index (κ3) is 7.21. The van der Waals surface area contributed by atoms with Crippen LogP contribution in [0.15, 0.2) is 78.9 Å². The number of ether oxygens (including phenoxy) is 3. The van der Waals surface area contributed by atoms with Crippen LogP contribution in [0.1, 0.15) is 28.4 Å². The minimum absolute atomic E-state index is 0.0105. The maximum atomic E-state index is 12.2. The number of ketones is 1. The lowest BCUT2D eigenvalue weighted by molar-refractivity contribution is -0.143. The Labute approximate surface area is 192 Å². The highest BCUT2D eigenvalue weighted by Crippen LogP contribution is 2.22. The fraction of sp³-hybridized carbons (Fsp3) is 0.192. The van der Waals surface area contributed by atoms with Gasteiger partial charge in [0.15, 0.2) is 5.78 Å². The summed E-state index contributed by atoms with van der Waals surface area (Å²) in [5, 5.41) is 2.56. The van der Waals surface area contributed by atoms with Crippen LogP contribution in [0.4, 0.5) is 4.79 Å². The monoisotopic (exact) mass is 447 g/mol. The molecule has 33 heavy (non-hydrogen) atoms. The summed E-state index contributed by atoms with van der Waals surface area (Å²) in [5.41, 5.74) is 2.25. The molecule has 3 aromatic rings. The van der Waals surface area contributed by atoms with E-state index in [1.165, 1.54) is 14.0 Å². The van der Waals surface area contributed by atoms with Crippen molar-refractivity contribution in [3.05, 3.63) is 95.6 Å². The summed E-state index contributed by atoms with van der Waals surface area (Å²) in [6, 6.07) is 22.3. The predicted molar refractivity (Wildman–Crippen MR) is 122 cm³/mol. The minimum Gasteiger partial charge on any atom is -0.467 e. The molecule has 7 nitrogen and oxygen atoms in total. The Hall–Kier alpha value is -4.13. The minimum atomic E-state index is -0.899. The first-order chi connectivity index (χ1) is 15.9. The first kappa shape index (κ1) is 23.5. The topological polar surface area (TPSA) is 90.9 Å². The van der Waals surface area contributed by atoms with Gasteiger partial charge in [-0.15, -0.1) is 0 Å². The van der Waals surface area contributed by atoms with E-state index in [0.717, 1.165) is 11.1 Å². The van der Waals surface area contributed by atoms with Gasteiger partial charge in [-0.05, 0) is 54.4 Å². The molecule has 0 aromatic heterocycles. The summed E-state index contributed by atoms with van der Waals surface area (Å²) in [7, 11) is 1.26. The van der Waals surface area contributed by atoms with E-state index in [1.54, 1.807) is 48.5 Å². The number of esters is 1. The molecular formula is C26H25NO6. The molecule has 1 atom stereocenters. The molecule has 1 N–H and O–H groups in total. The molecule has 170 valence electrons. The number of carbonyl (C=O) groups is 3. The molecule has 0 heterocycles. The van der Waals surface area contributed by atoms with E-state index >= 15 is 0 Å². The molecule has 0 bridgehead atoms. The summed E-state index contributed by atoms with van der Waals surface area (Å²) >= 11 is 0. The van der Waals surface area contributed by atoms with E-state index in [2.05, 4.69) is 5.32 Å². The molecule has 0 fully saturated rings. The number of alkyl carbamates (subject to hydrolysis) is 1. The van der Waals surface area contributed by atoms with Crippen LogP contribution in [0.2, 0.25) is 0 Å². The highest BCUT2D eigenvalue weighted by molar-refractivity contribution is 5.94. The molecule has 0 saturated heterocycles. The zero-order valence-corrected chi connectivity index (χ0v) is 18.4. The van der Waals surface area contributed by atoms with Crippen LogP contribution in [0.25, 0.3) is 0 Å². The van der Waals surface area contributed by atoms with E-state index in [1.807, 2.05) is 30.3 Å². The molecule has 0 spiro atoms. The number of methoxy groups -OCH3 is 1. The summed E-state index contributed by atoms with van der Waals surface area (Å²) in [5.74, 6) is 0.614. The largest absolute Gasteiger partial charge is 0.467 e. The van der Waals surface area contributed by atoms with Gasteiger partial charge in [0.2, 0.25) is 0 Å². The predicted octanol–water partition coefficient (Wildman–Crippen LogP) is 4.69. The number of rotatable bonds is 9. The van der Waals surface area contributed by atoms with Crippen LogP contribution >= 0.6 is 0 Å². The van der Waals surface area contributed by atoms with Crippen LogP contribution < -0.4 is 10.1 Å². The molecule has 0 saturated carbocycles. The number of amides is 1. The van der Waals surface area contributed by atoms with Crippen molar-refractivity contribution >= 4 is 17.8 Å². The maximum absolute atomic E-state index is 12.2. The second-order valence-electron chi connectivity index (χ2n) is 7.31. The third-order valence-corrected chi connectivity index (χ3v) is 4.85. The van der Waals surface area contributed by atoms with Crippen LogP contribution in [0, 0.1) is 0 Å². The number of benzene rings is 3. The zero-order valence-electron chi connectivity index (χ0n) is 18.4. The lowest BCUT2D eigenvalue weighted by Gasteiger charge is -2.17. The van der Waals surface area contributed by atoms with Crippen molar-refractivity contribution in [2.75, 3.05) is 7.11 Å². The van der Waals surface area contributed by atoms with E-state index in [9.17, 15) is 14.4 Å². The van der Waals surface area contributed by atoms with E-state index < -0.39 is 18.1 Å². The Kier molecular flexibility index (Phi) is 8.18. The standard InChI is InChI=1S/C26H25NO6/c1-18(28)21-10-14-23(15-11-21)33-22-12-8-19(9-13-22)16-24(25(29)31-2)27-26(30)32-17-20-6-4-3-5-7-20/h3-15,24H,16-17H2,1-2H3,(H,27,30)/t24-/m0/s1. The smallest absolute Gasteiger partial charge is 0.408 e. The van der Waals surface area contributed by atoms with Gasteiger partial charge in [-0.3, -0.25) is 4.79 Å². The second-order valence-corrected chi connectivity index (χ2v) is 7.31. The van der Waals surface area contributed by atoms with E-state index in [4.69, 9.17) is 14.2 Å². The van der Waals surface area contributed by atoms with Crippen molar-refractivity contribution in [2.24, 2.45) is 0 Å². The normalized spacial score (nSPS) is 11.2.